The SMILES string of the molecule is O=C(N[C@@H](C(=O)N1CCCCC1)C12CC3CC(CC(C3)C1)C2)c1ccc(F)cc1. The lowest BCUT2D eigenvalue weighted by molar-refractivity contribution is -0.145. The van der Waals surface area contributed by atoms with Gasteiger partial charge >= 0.3 is 0 Å². The molecule has 0 radical (unpaired) electrons. The van der Waals surface area contributed by atoms with E-state index in [1.165, 1.54) is 49.9 Å². The average Bonchev–Trinajstić information content (AvgIpc) is 2.71. The van der Waals surface area contributed by atoms with Crippen molar-refractivity contribution in [3.63, 3.8) is 0 Å². The molecule has 4 saturated carbocycles. The van der Waals surface area contributed by atoms with Crippen LogP contribution in [0, 0.1) is 29.0 Å². The lowest BCUT2D eigenvalue weighted by Crippen LogP contribution is -2.62. The van der Waals surface area contributed by atoms with E-state index in [1.54, 1.807) is 0 Å². The summed E-state index contributed by atoms with van der Waals surface area (Å²) in [5, 5.41) is 3.15. The lowest BCUT2D eigenvalue weighted by Gasteiger charge is -2.59. The molecule has 4 nitrogen and oxygen atoms in total. The zero-order valence-electron chi connectivity index (χ0n) is 17.0. The first-order chi connectivity index (χ1) is 14.0. The zero-order valence-corrected chi connectivity index (χ0v) is 17.0. The molecule has 1 aromatic carbocycles. The second-order valence-electron chi connectivity index (χ2n) is 10.1. The number of amides is 2. The fraction of sp³-hybridized carbons (Fsp3) is 0.667. The van der Waals surface area contributed by atoms with Crippen molar-refractivity contribution >= 4 is 11.8 Å². The average molecular weight is 399 g/mol. The number of hydrogen-bond donors (Lipinski definition) is 1. The monoisotopic (exact) mass is 398 g/mol. The van der Waals surface area contributed by atoms with Crippen LogP contribution < -0.4 is 5.32 Å². The number of carbonyl (C=O) groups excluding carboxylic acids is 2. The number of benzene rings is 1. The summed E-state index contributed by atoms with van der Waals surface area (Å²) in [5.74, 6) is 1.63. The highest BCUT2D eigenvalue weighted by Crippen LogP contribution is 2.61. The molecule has 1 heterocycles. The third kappa shape index (κ3) is 3.57. The first-order valence-corrected chi connectivity index (χ1v) is 11.4. The topological polar surface area (TPSA) is 49.4 Å². The molecular formula is C24H31FN2O2. The summed E-state index contributed by atoms with van der Waals surface area (Å²) in [6.45, 7) is 1.60. The molecule has 0 unspecified atom stereocenters. The Morgan fingerprint density at radius 3 is 2.03 bits per heavy atom. The van der Waals surface area contributed by atoms with E-state index in [2.05, 4.69) is 5.32 Å². The van der Waals surface area contributed by atoms with Gasteiger partial charge in [-0.3, -0.25) is 9.59 Å². The summed E-state index contributed by atoms with van der Waals surface area (Å²) in [7, 11) is 0. The van der Waals surface area contributed by atoms with Crippen LogP contribution in [0.4, 0.5) is 4.39 Å². The highest BCUT2D eigenvalue weighted by Gasteiger charge is 2.56. The van der Waals surface area contributed by atoms with Crippen LogP contribution in [0.15, 0.2) is 24.3 Å². The van der Waals surface area contributed by atoms with Crippen molar-refractivity contribution in [3.8, 4) is 0 Å². The Morgan fingerprint density at radius 1 is 0.931 bits per heavy atom. The molecule has 6 rings (SSSR count). The molecule has 1 aliphatic heterocycles. The number of rotatable bonds is 4. The quantitative estimate of drug-likeness (QED) is 0.828. The summed E-state index contributed by atoms with van der Waals surface area (Å²) < 4.78 is 13.3. The highest BCUT2D eigenvalue weighted by molar-refractivity contribution is 5.97. The molecule has 5 fully saturated rings. The molecule has 0 spiro atoms. The maximum Gasteiger partial charge on any atom is 0.251 e. The van der Waals surface area contributed by atoms with E-state index in [4.69, 9.17) is 0 Å². The van der Waals surface area contributed by atoms with E-state index in [9.17, 15) is 14.0 Å². The number of likely N-dealkylation sites (tertiary alicyclic amines) is 1. The summed E-state index contributed by atoms with van der Waals surface area (Å²) in [4.78, 5) is 28.7. The molecule has 2 amide bonds. The largest absolute Gasteiger partial charge is 0.341 e. The molecule has 4 aliphatic carbocycles. The predicted molar refractivity (Wildman–Crippen MR) is 109 cm³/mol. The molecule has 156 valence electrons. The minimum Gasteiger partial charge on any atom is -0.341 e. The lowest BCUT2D eigenvalue weighted by atomic mass is 9.47. The third-order valence-electron chi connectivity index (χ3n) is 7.99. The van der Waals surface area contributed by atoms with E-state index >= 15 is 0 Å². The highest BCUT2D eigenvalue weighted by atomic mass is 19.1. The number of hydrogen-bond acceptors (Lipinski definition) is 2. The molecule has 5 heteroatoms. The Bertz CT molecular complexity index is 749. The van der Waals surface area contributed by atoms with E-state index in [0.717, 1.165) is 45.2 Å². The Hall–Kier alpha value is -1.91. The van der Waals surface area contributed by atoms with Crippen molar-refractivity contribution in [2.75, 3.05) is 13.1 Å². The Kier molecular flexibility index (Phi) is 4.87. The van der Waals surface area contributed by atoms with Gasteiger partial charge in [-0.05, 0) is 99.8 Å². The Labute approximate surface area is 172 Å². The standard InChI is InChI=1S/C24H31FN2O2/c25-20-6-4-19(5-7-20)22(28)26-21(23(29)27-8-2-1-3-9-27)24-13-16-10-17(14-24)12-18(11-16)15-24/h4-7,16-18,21H,1-3,8-15H2,(H,26,28)/t16?,17?,18?,21-,24?/m0/s1. The van der Waals surface area contributed by atoms with Crippen molar-refractivity contribution in [1.29, 1.82) is 0 Å². The van der Waals surface area contributed by atoms with Crippen LogP contribution in [0.1, 0.15) is 68.1 Å². The predicted octanol–water partition coefficient (Wildman–Crippen LogP) is 4.15. The van der Waals surface area contributed by atoms with E-state index in [-0.39, 0.29) is 23.0 Å². The molecule has 4 bridgehead atoms. The van der Waals surface area contributed by atoms with Crippen molar-refractivity contribution in [3.05, 3.63) is 35.6 Å². The van der Waals surface area contributed by atoms with Crippen LogP contribution >= 0.6 is 0 Å². The van der Waals surface area contributed by atoms with Crippen LogP contribution in [0.3, 0.4) is 0 Å². The second kappa shape index (κ2) is 7.41. The summed E-state index contributed by atoms with van der Waals surface area (Å²) in [5.41, 5.74) is 0.325. The summed E-state index contributed by atoms with van der Waals surface area (Å²) in [6.07, 6.45) is 10.4. The minimum absolute atomic E-state index is 0.0982. The Balaban J connectivity index is 1.43. The van der Waals surface area contributed by atoms with Crippen LogP contribution in [-0.2, 0) is 4.79 Å². The number of carbonyl (C=O) groups is 2. The molecule has 0 aromatic heterocycles. The molecule has 29 heavy (non-hydrogen) atoms. The van der Waals surface area contributed by atoms with E-state index in [1.807, 2.05) is 4.90 Å². The fourth-order valence-electron chi connectivity index (χ4n) is 7.12. The number of nitrogens with one attached hydrogen (secondary N) is 1. The van der Waals surface area contributed by atoms with Crippen molar-refractivity contribution in [2.45, 2.75) is 63.8 Å². The van der Waals surface area contributed by atoms with Crippen LogP contribution in [0.25, 0.3) is 0 Å². The van der Waals surface area contributed by atoms with Crippen molar-refractivity contribution in [1.82, 2.24) is 10.2 Å². The van der Waals surface area contributed by atoms with E-state index in [0.29, 0.717) is 23.3 Å². The van der Waals surface area contributed by atoms with Crippen molar-refractivity contribution < 1.29 is 14.0 Å². The van der Waals surface area contributed by atoms with Gasteiger partial charge in [0.25, 0.3) is 5.91 Å². The van der Waals surface area contributed by atoms with Gasteiger partial charge in [-0.2, -0.15) is 0 Å². The molecule has 1 saturated heterocycles. The smallest absolute Gasteiger partial charge is 0.251 e. The summed E-state index contributed by atoms with van der Waals surface area (Å²) >= 11 is 0. The third-order valence-corrected chi connectivity index (χ3v) is 7.99. The normalized spacial score (nSPS) is 34.1. The maximum absolute atomic E-state index is 13.7. The van der Waals surface area contributed by atoms with Crippen LogP contribution in [-0.4, -0.2) is 35.8 Å². The maximum atomic E-state index is 13.7. The van der Waals surface area contributed by atoms with E-state index < -0.39 is 6.04 Å². The first-order valence-electron chi connectivity index (χ1n) is 11.4. The molecule has 1 aromatic rings. The number of halogens is 1. The van der Waals surface area contributed by atoms with Crippen LogP contribution in [0.5, 0.6) is 0 Å². The summed E-state index contributed by atoms with van der Waals surface area (Å²) in [6, 6.07) is 5.17. The van der Waals surface area contributed by atoms with Gasteiger partial charge < -0.3 is 10.2 Å². The van der Waals surface area contributed by atoms with Gasteiger partial charge in [0.2, 0.25) is 5.91 Å². The zero-order chi connectivity index (χ0) is 20.0. The van der Waals surface area contributed by atoms with Gasteiger partial charge in [0.15, 0.2) is 0 Å². The molecule has 1 atom stereocenters. The Morgan fingerprint density at radius 2 is 1.48 bits per heavy atom. The first kappa shape index (κ1) is 19.1. The van der Waals surface area contributed by atoms with Gasteiger partial charge in [0, 0.05) is 24.1 Å². The molecular weight excluding hydrogens is 367 g/mol. The van der Waals surface area contributed by atoms with Gasteiger partial charge in [-0.15, -0.1) is 0 Å². The number of nitrogens with zero attached hydrogens (tertiary/aromatic N) is 1. The minimum atomic E-state index is -0.452. The molecule has 5 aliphatic rings. The second-order valence-corrected chi connectivity index (χ2v) is 10.1. The molecule has 1 N–H and O–H groups in total. The van der Waals surface area contributed by atoms with Gasteiger partial charge in [0.1, 0.15) is 11.9 Å². The number of piperidine rings is 1. The van der Waals surface area contributed by atoms with Gasteiger partial charge in [-0.1, -0.05) is 0 Å². The van der Waals surface area contributed by atoms with Crippen LogP contribution in [0.2, 0.25) is 0 Å². The van der Waals surface area contributed by atoms with Crippen molar-refractivity contribution in [2.24, 2.45) is 23.2 Å². The fourth-order valence-corrected chi connectivity index (χ4v) is 7.12. The van der Waals surface area contributed by atoms with Gasteiger partial charge in [0.05, 0.1) is 0 Å². The van der Waals surface area contributed by atoms with Gasteiger partial charge in [-0.25, -0.2) is 4.39 Å².